The molecule has 2 aromatic carbocycles. The molecule has 5 rings (SSSR count). The lowest BCUT2D eigenvalue weighted by Gasteiger charge is -2.29. The minimum atomic E-state index is -0.222. The molecular weight excluding hydrogens is 378 g/mol. The van der Waals surface area contributed by atoms with Gasteiger partial charge >= 0.3 is 0 Å². The van der Waals surface area contributed by atoms with E-state index in [0.717, 1.165) is 59.5 Å². The highest BCUT2D eigenvalue weighted by molar-refractivity contribution is 6.07. The summed E-state index contributed by atoms with van der Waals surface area (Å²) in [6.07, 6.45) is 0.643. The molecule has 0 aliphatic carbocycles. The highest BCUT2D eigenvalue weighted by Gasteiger charge is 2.27. The first kappa shape index (κ1) is 18.9. The van der Waals surface area contributed by atoms with Gasteiger partial charge in [-0.25, -0.2) is 0 Å². The number of para-hydroxylation sites is 3. The maximum absolute atomic E-state index is 13.4. The van der Waals surface area contributed by atoms with Crippen molar-refractivity contribution in [2.75, 3.05) is 26.2 Å². The molecule has 0 spiro atoms. The molecule has 0 saturated carbocycles. The highest BCUT2D eigenvalue weighted by atomic mass is 16.6. The Morgan fingerprint density at radius 1 is 1.17 bits per heavy atom. The molecule has 3 heterocycles. The summed E-state index contributed by atoms with van der Waals surface area (Å²) in [5.74, 6) is 1.38. The smallest absolute Gasteiger partial charge is 0.252 e. The fourth-order valence-electron chi connectivity index (χ4n) is 4.23. The van der Waals surface area contributed by atoms with Crippen molar-refractivity contribution >= 4 is 16.8 Å². The van der Waals surface area contributed by atoms with E-state index in [-0.39, 0.29) is 12.0 Å². The molecule has 2 aliphatic heterocycles. The Kier molecular flexibility index (Phi) is 5.01. The van der Waals surface area contributed by atoms with Gasteiger partial charge in [-0.3, -0.25) is 14.7 Å². The first-order valence-corrected chi connectivity index (χ1v) is 10.5. The average molecular weight is 403 g/mol. The molecule has 0 fully saturated rings. The molecule has 30 heavy (non-hydrogen) atoms. The highest BCUT2D eigenvalue weighted by Crippen LogP contribution is 2.31. The van der Waals surface area contributed by atoms with Gasteiger partial charge in [-0.2, -0.15) is 0 Å². The number of ether oxygens (including phenoxy) is 2. The topological polar surface area (TPSA) is 63.7 Å². The molecule has 2 aliphatic rings. The van der Waals surface area contributed by atoms with Crippen molar-refractivity contribution in [1.29, 1.82) is 0 Å². The number of carbonyl (C=O) groups is 1. The monoisotopic (exact) mass is 403 g/mol. The number of hydrogen-bond donors (Lipinski definition) is 1. The summed E-state index contributed by atoms with van der Waals surface area (Å²) in [5.41, 5.74) is 3.70. The molecule has 1 amide bonds. The summed E-state index contributed by atoms with van der Waals surface area (Å²) in [6.45, 7) is 5.63. The van der Waals surface area contributed by atoms with Crippen LogP contribution in [0.15, 0.2) is 48.5 Å². The van der Waals surface area contributed by atoms with Gasteiger partial charge in [0.2, 0.25) is 0 Å². The van der Waals surface area contributed by atoms with Gasteiger partial charge in [0.1, 0.15) is 12.7 Å². The normalized spacial score (nSPS) is 18.1. The molecular formula is C24H25N3O3. The van der Waals surface area contributed by atoms with Crippen LogP contribution in [0.1, 0.15) is 28.5 Å². The number of likely N-dealkylation sites (N-methyl/N-ethyl adjacent to an activating group) is 1. The van der Waals surface area contributed by atoms with Gasteiger partial charge in [0.15, 0.2) is 11.5 Å². The molecule has 1 N–H and O–H groups in total. The van der Waals surface area contributed by atoms with Crippen LogP contribution in [-0.2, 0) is 13.0 Å². The fraction of sp³-hybridized carbons (Fsp3) is 0.333. The number of amides is 1. The number of aromatic nitrogens is 1. The molecule has 1 unspecified atom stereocenters. The summed E-state index contributed by atoms with van der Waals surface area (Å²) in [5, 5.41) is 3.99. The number of rotatable bonds is 4. The number of hydrogen-bond acceptors (Lipinski definition) is 5. The van der Waals surface area contributed by atoms with Crippen LogP contribution < -0.4 is 14.8 Å². The van der Waals surface area contributed by atoms with E-state index >= 15 is 0 Å². The van der Waals surface area contributed by atoms with E-state index < -0.39 is 0 Å². The Bertz CT molecular complexity index is 1100. The van der Waals surface area contributed by atoms with E-state index in [2.05, 4.69) is 17.1 Å². The summed E-state index contributed by atoms with van der Waals surface area (Å²) in [4.78, 5) is 20.6. The second kappa shape index (κ2) is 7.95. The van der Waals surface area contributed by atoms with Crippen molar-refractivity contribution in [2.45, 2.75) is 26.0 Å². The molecule has 0 radical (unpaired) electrons. The number of carbonyl (C=O) groups excluding carboxylic acids is 1. The molecule has 0 saturated heterocycles. The van der Waals surface area contributed by atoms with Crippen LogP contribution in [0.2, 0.25) is 0 Å². The summed E-state index contributed by atoms with van der Waals surface area (Å²) in [6, 6.07) is 15.5. The maximum atomic E-state index is 13.4. The minimum Gasteiger partial charge on any atom is -0.486 e. The third-order valence-electron chi connectivity index (χ3n) is 5.86. The van der Waals surface area contributed by atoms with Crippen LogP contribution in [0, 0.1) is 0 Å². The van der Waals surface area contributed by atoms with E-state index in [9.17, 15) is 4.79 Å². The van der Waals surface area contributed by atoms with Crippen molar-refractivity contribution in [3.63, 3.8) is 0 Å². The Morgan fingerprint density at radius 2 is 1.97 bits per heavy atom. The molecule has 1 atom stereocenters. The van der Waals surface area contributed by atoms with Gasteiger partial charge in [-0.1, -0.05) is 37.3 Å². The van der Waals surface area contributed by atoms with Gasteiger partial charge in [0, 0.05) is 36.2 Å². The predicted molar refractivity (Wildman–Crippen MR) is 115 cm³/mol. The van der Waals surface area contributed by atoms with E-state index in [4.69, 9.17) is 14.5 Å². The standard InChI is InChI=1S/C24H25N3O3/c1-2-27-12-11-20-18(14-27)23(17-7-3-4-8-19(17)26-20)24(28)25-13-16-15-29-21-9-5-6-10-22(21)30-16/h3-10,16H,2,11-15H2,1H3,(H,25,28). The summed E-state index contributed by atoms with van der Waals surface area (Å²) < 4.78 is 11.8. The first-order chi connectivity index (χ1) is 14.7. The zero-order chi connectivity index (χ0) is 20.5. The molecule has 154 valence electrons. The Morgan fingerprint density at radius 3 is 2.83 bits per heavy atom. The van der Waals surface area contributed by atoms with E-state index in [0.29, 0.717) is 18.9 Å². The van der Waals surface area contributed by atoms with Gasteiger partial charge in [0.25, 0.3) is 5.91 Å². The van der Waals surface area contributed by atoms with Crippen LogP contribution in [0.25, 0.3) is 10.9 Å². The van der Waals surface area contributed by atoms with Crippen molar-refractivity contribution in [1.82, 2.24) is 15.2 Å². The first-order valence-electron chi connectivity index (χ1n) is 10.5. The van der Waals surface area contributed by atoms with Crippen molar-refractivity contribution in [3.05, 3.63) is 65.4 Å². The van der Waals surface area contributed by atoms with Crippen molar-refractivity contribution < 1.29 is 14.3 Å². The van der Waals surface area contributed by atoms with Crippen molar-refractivity contribution in [3.8, 4) is 11.5 Å². The van der Waals surface area contributed by atoms with E-state index in [1.165, 1.54) is 0 Å². The summed E-state index contributed by atoms with van der Waals surface area (Å²) >= 11 is 0. The number of fused-ring (bicyclic) bond motifs is 3. The van der Waals surface area contributed by atoms with Gasteiger partial charge in [-0.05, 0) is 24.7 Å². The van der Waals surface area contributed by atoms with Gasteiger partial charge in [-0.15, -0.1) is 0 Å². The van der Waals surface area contributed by atoms with Gasteiger partial charge < -0.3 is 14.8 Å². The molecule has 6 heteroatoms. The fourth-order valence-corrected chi connectivity index (χ4v) is 4.23. The SMILES string of the molecule is CCN1CCc2nc3ccccc3c(C(=O)NCC3COc4ccccc4O3)c2C1. The predicted octanol–water partition coefficient (Wildman–Crippen LogP) is 3.18. The number of nitrogens with zero attached hydrogens (tertiary/aromatic N) is 2. The third kappa shape index (κ3) is 3.48. The van der Waals surface area contributed by atoms with E-state index in [1.54, 1.807) is 0 Å². The Balaban J connectivity index is 1.41. The maximum Gasteiger partial charge on any atom is 0.252 e. The zero-order valence-corrected chi connectivity index (χ0v) is 17.1. The lowest BCUT2D eigenvalue weighted by Crippen LogP contribution is -2.41. The average Bonchev–Trinajstić information content (AvgIpc) is 2.80. The second-order valence-corrected chi connectivity index (χ2v) is 7.76. The van der Waals surface area contributed by atoms with Crippen LogP contribution in [-0.4, -0.2) is 48.1 Å². The lowest BCUT2D eigenvalue weighted by molar-refractivity contribution is 0.0788. The number of pyridine rings is 1. The molecule has 1 aromatic heterocycles. The minimum absolute atomic E-state index is 0.0785. The third-order valence-corrected chi connectivity index (χ3v) is 5.86. The quantitative estimate of drug-likeness (QED) is 0.725. The number of benzene rings is 2. The van der Waals surface area contributed by atoms with Gasteiger partial charge in [0.05, 0.1) is 17.6 Å². The van der Waals surface area contributed by atoms with Crippen LogP contribution in [0.5, 0.6) is 11.5 Å². The Labute approximate surface area is 175 Å². The lowest BCUT2D eigenvalue weighted by atomic mass is 9.95. The van der Waals surface area contributed by atoms with Crippen LogP contribution >= 0.6 is 0 Å². The summed E-state index contributed by atoms with van der Waals surface area (Å²) in [7, 11) is 0. The Hall–Kier alpha value is -3.12. The number of nitrogens with one attached hydrogen (secondary N) is 1. The van der Waals surface area contributed by atoms with E-state index in [1.807, 2.05) is 48.5 Å². The molecule has 6 nitrogen and oxygen atoms in total. The molecule has 0 bridgehead atoms. The second-order valence-electron chi connectivity index (χ2n) is 7.76. The zero-order valence-electron chi connectivity index (χ0n) is 17.1. The van der Waals surface area contributed by atoms with Crippen LogP contribution in [0.4, 0.5) is 0 Å². The van der Waals surface area contributed by atoms with Crippen LogP contribution in [0.3, 0.4) is 0 Å². The molecule has 3 aromatic rings. The van der Waals surface area contributed by atoms with Crippen molar-refractivity contribution in [2.24, 2.45) is 0 Å². The largest absolute Gasteiger partial charge is 0.486 e.